The van der Waals surface area contributed by atoms with E-state index < -0.39 is 17.5 Å². The molecule has 0 spiro atoms. The zero-order chi connectivity index (χ0) is 14.1. The van der Waals surface area contributed by atoms with Crippen LogP contribution in [0.1, 0.15) is 47.5 Å². The standard InChI is InChI=1S/C13H24N2O3/c1-8(12(2,3)4)14-11(18)15-13(5,10(16)17)9-6-7-9/h8-9H,6-7H2,1-5H3,(H,16,17)(H2,14,15,18). The summed E-state index contributed by atoms with van der Waals surface area (Å²) < 4.78 is 0. The van der Waals surface area contributed by atoms with Gasteiger partial charge in [0.1, 0.15) is 5.54 Å². The maximum Gasteiger partial charge on any atom is 0.329 e. The summed E-state index contributed by atoms with van der Waals surface area (Å²) in [5.74, 6) is -0.922. The van der Waals surface area contributed by atoms with E-state index in [1.165, 1.54) is 0 Å². The molecule has 0 saturated heterocycles. The first-order valence-corrected chi connectivity index (χ1v) is 6.39. The average Bonchev–Trinajstić information content (AvgIpc) is 2.98. The second kappa shape index (κ2) is 4.78. The molecule has 3 N–H and O–H groups in total. The molecular formula is C13H24N2O3. The predicted molar refractivity (Wildman–Crippen MR) is 69.3 cm³/mol. The van der Waals surface area contributed by atoms with Crippen molar-refractivity contribution in [2.75, 3.05) is 0 Å². The predicted octanol–water partition coefficient (Wildman–Crippen LogP) is 1.97. The highest BCUT2D eigenvalue weighted by Gasteiger charge is 2.48. The third kappa shape index (κ3) is 3.37. The van der Waals surface area contributed by atoms with Gasteiger partial charge in [0.25, 0.3) is 0 Å². The summed E-state index contributed by atoms with van der Waals surface area (Å²) in [6.45, 7) is 9.56. The maximum atomic E-state index is 11.9. The molecule has 0 heterocycles. The topological polar surface area (TPSA) is 78.4 Å². The zero-order valence-corrected chi connectivity index (χ0v) is 11.8. The van der Waals surface area contributed by atoms with Gasteiger partial charge in [-0.3, -0.25) is 0 Å². The Morgan fingerprint density at radius 2 is 1.72 bits per heavy atom. The van der Waals surface area contributed by atoms with E-state index in [0.717, 1.165) is 12.8 Å². The smallest absolute Gasteiger partial charge is 0.329 e. The summed E-state index contributed by atoms with van der Waals surface area (Å²) in [4.78, 5) is 23.1. The lowest BCUT2D eigenvalue weighted by Crippen LogP contribution is -2.58. The Morgan fingerprint density at radius 1 is 1.22 bits per heavy atom. The summed E-state index contributed by atoms with van der Waals surface area (Å²) in [6.07, 6.45) is 1.72. The van der Waals surface area contributed by atoms with Gasteiger partial charge in [-0.05, 0) is 38.0 Å². The van der Waals surface area contributed by atoms with Crippen LogP contribution in [0.15, 0.2) is 0 Å². The Balaban J connectivity index is 2.61. The van der Waals surface area contributed by atoms with Gasteiger partial charge in [0.2, 0.25) is 0 Å². The Bertz CT molecular complexity index is 345. The van der Waals surface area contributed by atoms with Crippen LogP contribution in [-0.2, 0) is 4.79 Å². The van der Waals surface area contributed by atoms with Crippen LogP contribution in [0.3, 0.4) is 0 Å². The van der Waals surface area contributed by atoms with Gasteiger partial charge in [0.05, 0.1) is 0 Å². The van der Waals surface area contributed by atoms with Gasteiger partial charge in [-0.15, -0.1) is 0 Å². The van der Waals surface area contributed by atoms with Crippen LogP contribution in [0.4, 0.5) is 4.79 Å². The first-order valence-electron chi connectivity index (χ1n) is 6.39. The van der Waals surface area contributed by atoms with Crippen molar-refractivity contribution in [2.24, 2.45) is 11.3 Å². The molecule has 1 aliphatic carbocycles. The Hall–Kier alpha value is -1.26. The van der Waals surface area contributed by atoms with Crippen LogP contribution < -0.4 is 10.6 Å². The number of hydrogen-bond acceptors (Lipinski definition) is 2. The van der Waals surface area contributed by atoms with E-state index in [0.29, 0.717) is 0 Å². The number of carboxylic acids is 1. The van der Waals surface area contributed by atoms with E-state index in [1.54, 1.807) is 6.92 Å². The van der Waals surface area contributed by atoms with E-state index in [4.69, 9.17) is 0 Å². The number of nitrogens with one attached hydrogen (secondary N) is 2. The second-order valence-corrected chi connectivity index (χ2v) is 6.47. The molecule has 5 nitrogen and oxygen atoms in total. The summed E-state index contributed by atoms with van der Waals surface area (Å²) in [7, 11) is 0. The zero-order valence-electron chi connectivity index (χ0n) is 11.8. The highest BCUT2D eigenvalue weighted by Crippen LogP contribution is 2.39. The Labute approximate surface area is 108 Å². The fraction of sp³-hybridized carbons (Fsp3) is 0.846. The van der Waals surface area contributed by atoms with Crippen LogP contribution in [0.2, 0.25) is 0 Å². The number of carbonyl (C=O) groups is 2. The Morgan fingerprint density at radius 3 is 2.06 bits per heavy atom. The van der Waals surface area contributed by atoms with E-state index >= 15 is 0 Å². The molecule has 1 saturated carbocycles. The summed E-state index contributed by atoms with van der Waals surface area (Å²) >= 11 is 0. The molecule has 5 heteroatoms. The molecule has 1 rings (SSSR count). The van der Waals surface area contributed by atoms with Crippen molar-refractivity contribution < 1.29 is 14.7 Å². The van der Waals surface area contributed by atoms with E-state index in [-0.39, 0.29) is 17.4 Å². The van der Waals surface area contributed by atoms with E-state index in [9.17, 15) is 14.7 Å². The number of rotatable bonds is 4. The van der Waals surface area contributed by atoms with Crippen molar-refractivity contribution in [3.63, 3.8) is 0 Å². The van der Waals surface area contributed by atoms with Gasteiger partial charge >= 0.3 is 12.0 Å². The molecule has 2 atom stereocenters. The van der Waals surface area contributed by atoms with Gasteiger partial charge < -0.3 is 15.7 Å². The Kier molecular flexibility index (Phi) is 3.93. The van der Waals surface area contributed by atoms with Gasteiger partial charge in [0.15, 0.2) is 0 Å². The maximum absolute atomic E-state index is 11.9. The van der Waals surface area contributed by atoms with Crippen LogP contribution in [0.5, 0.6) is 0 Å². The fourth-order valence-electron chi connectivity index (χ4n) is 1.68. The SMILES string of the molecule is CC(NC(=O)NC(C)(C(=O)O)C1CC1)C(C)(C)C. The monoisotopic (exact) mass is 256 g/mol. The molecule has 18 heavy (non-hydrogen) atoms. The van der Waals surface area contributed by atoms with Gasteiger partial charge in [0, 0.05) is 6.04 Å². The molecule has 2 amide bonds. The lowest BCUT2D eigenvalue weighted by Gasteiger charge is -2.31. The molecular weight excluding hydrogens is 232 g/mol. The highest BCUT2D eigenvalue weighted by atomic mass is 16.4. The van der Waals surface area contributed by atoms with E-state index in [1.807, 2.05) is 27.7 Å². The number of aliphatic carboxylic acids is 1. The third-order valence-electron chi connectivity index (χ3n) is 3.86. The van der Waals surface area contributed by atoms with Gasteiger partial charge in [-0.2, -0.15) is 0 Å². The molecule has 0 aromatic heterocycles. The largest absolute Gasteiger partial charge is 0.480 e. The summed E-state index contributed by atoms with van der Waals surface area (Å²) in [6, 6.07) is -0.441. The molecule has 0 aromatic rings. The van der Waals surface area contributed by atoms with E-state index in [2.05, 4.69) is 10.6 Å². The minimum Gasteiger partial charge on any atom is -0.480 e. The fourth-order valence-corrected chi connectivity index (χ4v) is 1.68. The summed E-state index contributed by atoms with van der Waals surface area (Å²) in [5, 5.41) is 14.7. The molecule has 104 valence electrons. The van der Waals surface area contributed by atoms with Gasteiger partial charge in [-0.25, -0.2) is 9.59 Å². The number of carbonyl (C=O) groups excluding carboxylic acids is 1. The van der Waals surface area contributed by atoms with Crippen molar-refractivity contribution >= 4 is 12.0 Å². The quantitative estimate of drug-likeness (QED) is 0.719. The number of amides is 2. The molecule has 1 fully saturated rings. The van der Waals surface area contributed by atoms with Crippen LogP contribution >= 0.6 is 0 Å². The third-order valence-corrected chi connectivity index (χ3v) is 3.86. The van der Waals surface area contributed by atoms with Crippen LogP contribution in [-0.4, -0.2) is 28.7 Å². The molecule has 0 radical (unpaired) electrons. The first-order chi connectivity index (χ1) is 8.07. The lowest BCUT2D eigenvalue weighted by molar-refractivity contribution is -0.144. The number of hydrogen-bond donors (Lipinski definition) is 3. The van der Waals surface area contributed by atoms with Gasteiger partial charge in [-0.1, -0.05) is 20.8 Å². The number of urea groups is 1. The van der Waals surface area contributed by atoms with Crippen LogP contribution in [0.25, 0.3) is 0 Å². The van der Waals surface area contributed by atoms with Crippen molar-refractivity contribution in [3.05, 3.63) is 0 Å². The minimum atomic E-state index is -1.15. The summed E-state index contributed by atoms with van der Waals surface area (Å²) in [5.41, 5.74) is -1.21. The van der Waals surface area contributed by atoms with Crippen molar-refractivity contribution in [2.45, 2.75) is 59.0 Å². The van der Waals surface area contributed by atoms with Crippen molar-refractivity contribution in [3.8, 4) is 0 Å². The normalized spacial score (nSPS) is 20.7. The van der Waals surface area contributed by atoms with Crippen molar-refractivity contribution in [1.82, 2.24) is 10.6 Å². The molecule has 1 aliphatic rings. The molecule has 0 aliphatic heterocycles. The molecule has 2 unspecified atom stereocenters. The minimum absolute atomic E-state index is 0.0326. The van der Waals surface area contributed by atoms with Crippen LogP contribution in [0, 0.1) is 11.3 Å². The number of carboxylic acid groups (broad SMARTS) is 1. The second-order valence-electron chi connectivity index (χ2n) is 6.47. The highest BCUT2D eigenvalue weighted by molar-refractivity contribution is 5.86. The van der Waals surface area contributed by atoms with Crippen molar-refractivity contribution in [1.29, 1.82) is 0 Å². The molecule has 0 aromatic carbocycles. The lowest BCUT2D eigenvalue weighted by atomic mass is 9.88. The first kappa shape index (κ1) is 14.8. The molecule has 0 bridgehead atoms. The average molecular weight is 256 g/mol.